The van der Waals surface area contributed by atoms with Crippen molar-refractivity contribution in [2.75, 3.05) is 17.6 Å². The van der Waals surface area contributed by atoms with Crippen molar-refractivity contribution < 1.29 is 4.79 Å². The van der Waals surface area contributed by atoms with Crippen LogP contribution in [0.25, 0.3) is 0 Å². The third kappa shape index (κ3) is 4.02. The van der Waals surface area contributed by atoms with E-state index in [1.807, 2.05) is 6.07 Å². The zero-order valence-corrected chi connectivity index (χ0v) is 20.5. The molecule has 0 aromatic heterocycles. The summed E-state index contributed by atoms with van der Waals surface area (Å²) in [6.07, 6.45) is 4.02. The van der Waals surface area contributed by atoms with Gasteiger partial charge in [-0.15, -0.1) is 11.8 Å². The first-order valence-corrected chi connectivity index (χ1v) is 13.6. The minimum atomic E-state index is 0.0391. The number of nitrogens with one attached hydrogen (secondary N) is 2. The van der Waals surface area contributed by atoms with Crippen LogP contribution in [0.3, 0.4) is 0 Å². The van der Waals surface area contributed by atoms with E-state index in [9.17, 15) is 4.79 Å². The Balaban J connectivity index is 1.17. The molecule has 2 N–H and O–H groups in total. The summed E-state index contributed by atoms with van der Waals surface area (Å²) >= 11 is 1.78. The molecule has 0 spiro atoms. The van der Waals surface area contributed by atoms with Crippen LogP contribution in [-0.4, -0.2) is 18.2 Å². The minimum Gasteiger partial charge on any atom is -0.378 e. The Morgan fingerprint density at radius 3 is 2.62 bits per heavy atom. The Morgan fingerprint density at radius 1 is 1.00 bits per heavy atom. The maximum atomic E-state index is 13.0. The third-order valence-corrected chi connectivity index (χ3v) is 9.20. The molecule has 3 aromatic rings. The van der Waals surface area contributed by atoms with Crippen molar-refractivity contribution in [2.45, 2.75) is 43.0 Å². The van der Waals surface area contributed by atoms with Crippen molar-refractivity contribution in [1.82, 2.24) is 5.32 Å². The average Bonchev–Trinajstić information content (AvgIpc) is 3.50. The van der Waals surface area contributed by atoms with E-state index in [0.29, 0.717) is 24.4 Å². The molecule has 3 aromatic carbocycles. The summed E-state index contributed by atoms with van der Waals surface area (Å²) < 4.78 is 0. The van der Waals surface area contributed by atoms with E-state index in [-0.39, 0.29) is 5.91 Å². The lowest BCUT2D eigenvalue weighted by molar-refractivity contribution is 0.0956. The van der Waals surface area contributed by atoms with E-state index in [1.54, 1.807) is 11.8 Å². The molecule has 1 aliphatic heterocycles. The van der Waals surface area contributed by atoms with Crippen LogP contribution in [-0.2, 0) is 0 Å². The lowest BCUT2D eigenvalue weighted by Gasteiger charge is -2.43. The first kappa shape index (κ1) is 21.8. The zero-order chi connectivity index (χ0) is 23.1. The molecule has 2 fully saturated rings. The maximum Gasteiger partial charge on any atom is 0.251 e. The highest BCUT2D eigenvalue weighted by Gasteiger charge is 2.53. The number of thioether (sulfide) groups is 1. The fraction of sp³-hybridized carbons (Fsp3) is 0.367. The van der Waals surface area contributed by atoms with Crippen molar-refractivity contribution in [3.63, 3.8) is 0 Å². The summed E-state index contributed by atoms with van der Waals surface area (Å²) in [5.74, 6) is 3.64. The lowest BCUT2D eigenvalue weighted by atomic mass is 9.68. The third-order valence-electron chi connectivity index (χ3n) is 8.19. The van der Waals surface area contributed by atoms with Gasteiger partial charge in [0, 0.05) is 28.4 Å². The van der Waals surface area contributed by atoms with Gasteiger partial charge in [-0.25, -0.2) is 0 Å². The largest absolute Gasteiger partial charge is 0.378 e. The molecule has 0 radical (unpaired) electrons. The predicted molar refractivity (Wildman–Crippen MR) is 141 cm³/mol. The van der Waals surface area contributed by atoms with Gasteiger partial charge in [0.2, 0.25) is 0 Å². The van der Waals surface area contributed by atoms with Crippen molar-refractivity contribution in [1.29, 1.82) is 0 Å². The Hall–Kier alpha value is -2.72. The van der Waals surface area contributed by atoms with Crippen LogP contribution in [0, 0.1) is 24.7 Å². The van der Waals surface area contributed by atoms with Gasteiger partial charge in [0.15, 0.2) is 0 Å². The normalized spacial score (nSPS) is 26.4. The molecule has 2 bridgehead atoms. The molecule has 0 saturated heterocycles. The number of hydrogen-bond donors (Lipinski definition) is 2. The highest BCUT2D eigenvalue weighted by molar-refractivity contribution is 7.99. The van der Waals surface area contributed by atoms with Gasteiger partial charge >= 0.3 is 0 Å². The first-order chi connectivity index (χ1) is 16.7. The second-order valence-corrected chi connectivity index (χ2v) is 11.4. The number of benzene rings is 3. The monoisotopic (exact) mass is 468 g/mol. The number of carbonyl (C=O) groups excluding carboxylic acids is 1. The molecular weight excluding hydrogens is 436 g/mol. The number of fused-ring (bicyclic) bond motifs is 7. The summed E-state index contributed by atoms with van der Waals surface area (Å²) in [5.41, 5.74) is 6.04. The van der Waals surface area contributed by atoms with Crippen molar-refractivity contribution >= 4 is 23.4 Å². The SMILES string of the molecule is Cc1ccc(SCCNC(=O)c2ccc3c(c2)[C@@H]2[C@H]4CC[C@@H](C4)[C@@H]2[C@@H](c2ccccc2)N3)cc1. The van der Waals surface area contributed by atoms with Gasteiger partial charge in [0.05, 0.1) is 6.04 Å². The van der Waals surface area contributed by atoms with Crippen LogP contribution in [0.2, 0.25) is 0 Å². The number of anilines is 1. The average molecular weight is 469 g/mol. The molecule has 3 nitrogen and oxygen atoms in total. The standard InChI is InChI=1S/C30H32N2OS/c1-19-7-12-24(13-8-19)34-16-15-31-30(33)23-11-14-26-25(18-23)27-21-9-10-22(17-21)28(27)29(32-26)20-5-3-2-4-6-20/h2-8,11-14,18,21-22,27-29,32H,9-10,15-17H2,1H3,(H,31,33)/t21-,22-,27-,28-,29+/m0/s1. The molecule has 4 heteroatoms. The van der Waals surface area contributed by atoms with Gasteiger partial charge in [-0.3, -0.25) is 4.79 Å². The molecule has 174 valence electrons. The number of hydrogen-bond acceptors (Lipinski definition) is 3. The molecule has 5 atom stereocenters. The Morgan fingerprint density at radius 2 is 1.79 bits per heavy atom. The van der Waals surface area contributed by atoms with E-state index >= 15 is 0 Å². The summed E-state index contributed by atoms with van der Waals surface area (Å²) in [5, 5.41) is 7.01. The fourth-order valence-corrected chi connectivity index (χ4v) is 7.46. The molecule has 6 rings (SSSR count). The van der Waals surface area contributed by atoms with Gasteiger partial charge in [0.25, 0.3) is 5.91 Å². The Kier molecular flexibility index (Phi) is 5.86. The van der Waals surface area contributed by atoms with E-state index in [0.717, 1.165) is 23.2 Å². The smallest absolute Gasteiger partial charge is 0.251 e. The second-order valence-electron chi connectivity index (χ2n) is 10.2. The maximum absolute atomic E-state index is 13.0. The highest BCUT2D eigenvalue weighted by atomic mass is 32.2. The first-order valence-electron chi connectivity index (χ1n) is 12.6. The van der Waals surface area contributed by atoms with Crippen molar-refractivity contribution in [2.24, 2.45) is 17.8 Å². The number of amides is 1. The molecule has 0 unspecified atom stereocenters. The fourth-order valence-electron chi connectivity index (χ4n) is 6.69. The van der Waals surface area contributed by atoms with Crippen LogP contribution >= 0.6 is 11.8 Å². The molecule has 34 heavy (non-hydrogen) atoms. The summed E-state index contributed by atoms with van der Waals surface area (Å²) in [7, 11) is 0. The highest BCUT2D eigenvalue weighted by Crippen LogP contribution is 2.63. The van der Waals surface area contributed by atoms with Crippen LogP contribution < -0.4 is 10.6 Å². The van der Waals surface area contributed by atoms with Crippen LogP contribution in [0.4, 0.5) is 5.69 Å². The quantitative estimate of drug-likeness (QED) is 0.308. The van der Waals surface area contributed by atoms with E-state index in [1.165, 1.54) is 46.5 Å². The molecule has 2 aliphatic carbocycles. The van der Waals surface area contributed by atoms with E-state index in [2.05, 4.69) is 84.3 Å². The lowest BCUT2D eigenvalue weighted by Crippen LogP contribution is -2.35. The van der Waals surface area contributed by atoms with E-state index in [4.69, 9.17) is 0 Å². The summed E-state index contributed by atoms with van der Waals surface area (Å²) in [4.78, 5) is 14.2. The Bertz CT molecular complexity index is 1180. The van der Waals surface area contributed by atoms with Gasteiger partial charge in [0.1, 0.15) is 0 Å². The van der Waals surface area contributed by atoms with Crippen LogP contribution in [0.15, 0.2) is 77.7 Å². The van der Waals surface area contributed by atoms with Crippen molar-refractivity contribution in [3.05, 3.63) is 95.1 Å². The molecule has 1 amide bonds. The van der Waals surface area contributed by atoms with Crippen molar-refractivity contribution in [3.8, 4) is 0 Å². The number of aryl methyl sites for hydroxylation is 1. The topological polar surface area (TPSA) is 41.1 Å². The predicted octanol–water partition coefficient (Wildman–Crippen LogP) is 6.81. The van der Waals surface area contributed by atoms with Crippen LogP contribution in [0.1, 0.15) is 58.3 Å². The van der Waals surface area contributed by atoms with E-state index < -0.39 is 0 Å². The summed E-state index contributed by atoms with van der Waals surface area (Å²) in [6, 6.07) is 26.2. The Labute approximate surface area is 206 Å². The van der Waals surface area contributed by atoms with Gasteiger partial charge in [-0.05, 0) is 91.3 Å². The number of carbonyl (C=O) groups is 1. The zero-order valence-electron chi connectivity index (χ0n) is 19.7. The van der Waals surface area contributed by atoms with Crippen LogP contribution in [0.5, 0.6) is 0 Å². The van der Waals surface area contributed by atoms with Gasteiger partial charge in [-0.2, -0.15) is 0 Å². The van der Waals surface area contributed by atoms with Gasteiger partial charge in [-0.1, -0.05) is 48.0 Å². The molecular formula is C30H32N2OS. The second kappa shape index (κ2) is 9.14. The van der Waals surface area contributed by atoms with Gasteiger partial charge < -0.3 is 10.6 Å². The minimum absolute atomic E-state index is 0.0391. The summed E-state index contributed by atoms with van der Waals surface area (Å²) in [6.45, 7) is 2.77. The molecule has 3 aliphatic rings. The number of rotatable bonds is 6. The molecule has 2 saturated carbocycles. The molecule has 1 heterocycles.